The zero-order valence-electron chi connectivity index (χ0n) is 5.23. The number of aliphatic hydroxyl groups is 1. The molecule has 0 aromatic carbocycles. The molecular formula is C6H13IO. The van der Waals surface area contributed by atoms with Crippen LogP contribution in [0.5, 0.6) is 0 Å². The molecule has 8 heavy (non-hydrogen) atoms. The Labute approximate surface area is 64.6 Å². The quantitative estimate of drug-likeness (QED) is 0.574. The molecule has 1 atom stereocenters. The molecule has 50 valence electrons. The van der Waals surface area contributed by atoms with Gasteiger partial charge in [0.15, 0.2) is 0 Å². The van der Waals surface area contributed by atoms with E-state index in [9.17, 15) is 0 Å². The summed E-state index contributed by atoms with van der Waals surface area (Å²) in [6.07, 6.45) is 2.27. The topological polar surface area (TPSA) is 20.2 Å². The van der Waals surface area contributed by atoms with E-state index in [1.54, 1.807) is 0 Å². The molecule has 1 unspecified atom stereocenters. The summed E-state index contributed by atoms with van der Waals surface area (Å²) in [5, 5.41) is 8.65. The van der Waals surface area contributed by atoms with Gasteiger partial charge in [-0.2, -0.15) is 0 Å². The van der Waals surface area contributed by atoms with Crippen molar-refractivity contribution in [1.82, 2.24) is 0 Å². The second kappa shape index (κ2) is 5.82. The Morgan fingerprint density at radius 2 is 2.25 bits per heavy atom. The van der Waals surface area contributed by atoms with Gasteiger partial charge in [-0.3, -0.25) is 0 Å². The first-order chi connectivity index (χ1) is 3.85. The van der Waals surface area contributed by atoms with E-state index in [2.05, 4.69) is 29.5 Å². The highest BCUT2D eigenvalue weighted by Crippen LogP contribution is 2.07. The van der Waals surface area contributed by atoms with Crippen LogP contribution in [0.25, 0.3) is 0 Å². The van der Waals surface area contributed by atoms with Crippen molar-refractivity contribution in [3.63, 3.8) is 0 Å². The molecule has 0 amide bonds. The number of aliphatic hydroxyl groups excluding tert-OH is 1. The van der Waals surface area contributed by atoms with Crippen molar-refractivity contribution in [1.29, 1.82) is 0 Å². The molecule has 1 N–H and O–H groups in total. The molecule has 2 heteroatoms. The highest BCUT2D eigenvalue weighted by Gasteiger charge is 2.00. The third-order valence-electron chi connectivity index (χ3n) is 1.35. The summed E-state index contributed by atoms with van der Waals surface area (Å²) in [4.78, 5) is 0. The standard InChI is InChI=1S/C6H13IO/c1-2-6(5-8)3-4-7/h6,8H,2-5H2,1H3. The third kappa shape index (κ3) is 3.66. The molecule has 0 heterocycles. The smallest absolute Gasteiger partial charge is 0.0459 e. The molecule has 0 rings (SSSR count). The van der Waals surface area contributed by atoms with E-state index in [1.807, 2.05) is 0 Å². The predicted octanol–water partition coefficient (Wildman–Crippen LogP) is 1.83. The van der Waals surface area contributed by atoms with E-state index in [1.165, 1.54) is 0 Å². The maximum Gasteiger partial charge on any atom is 0.0459 e. The number of hydrogen-bond donors (Lipinski definition) is 1. The minimum Gasteiger partial charge on any atom is -0.396 e. The van der Waals surface area contributed by atoms with E-state index in [0.717, 1.165) is 17.3 Å². The van der Waals surface area contributed by atoms with E-state index in [-0.39, 0.29) is 0 Å². The van der Waals surface area contributed by atoms with Gasteiger partial charge in [0, 0.05) is 6.61 Å². The molecule has 0 aromatic heterocycles. The lowest BCUT2D eigenvalue weighted by atomic mass is 10.1. The van der Waals surface area contributed by atoms with Crippen LogP contribution >= 0.6 is 22.6 Å². The highest BCUT2D eigenvalue weighted by molar-refractivity contribution is 14.1. The summed E-state index contributed by atoms with van der Waals surface area (Å²) in [6.45, 7) is 2.48. The first-order valence-corrected chi connectivity index (χ1v) is 4.54. The monoisotopic (exact) mass is 228 g/mol. The van der Waals surface area contributed by atoms with Crippen LogP contribution in [-0.4, -0.2) is 16.1 Å². The van der Waals surface area contributed by atoms with Crippen molar-refractivity contribution in [2.75, 3.05) is 11.0 Å². The SMILES string of the molecule is CCC(CO)CCI. The van der Waals surface area contributed by atoms with Gasteiger partial charge in [-0.05, 0) is 16.8 Å². The summed E-state index contributed by atoms with van der Waals surface area (Å²) in [5.41, 5.74) is 0. The van der Waals surface area contributed by atoms with Gasteiger partial charge in [-0.15, -0.1) is 0 Å². The molecule has 0 bridgehead atoms. The van der Waals surface area contributed by atoms with Crippen LogP contribution in [0.4, 0.5) is 0 Å². The number of halogens is 1. The van der Waals surface area contributed by atoms with Gasteiger partial charge in [0.25, 0.3) is 0 Å². The van der Waals surface area contributed by atoms with Gasteiger partial charge in [-0.1, -0.05) is 35.9 Å². The molecule has 0 fully saturated rings. The van der Waals surface area contributed by atoms with Crippen LogP contribution in [0, 0.1) is 5.92 Å². The van der Waals surface area contributed by atoms with Crippen LogP contribution < -0.4 is 0 Å². The molecule has 0 saturated heterocycles. The van der Waals surface area contributed by atoms with Crippen LogP contribution in [0.2, 0.25) is 0 Å². The zero-order valence-corrected chi connectivity index (χ0v) is 7.39. The summed E-state index contributed by atoms with van der Waals surface area (Å²) >= 11 is 2.34. The lowest BCUT2D eigenvalue weighted by Crippen LogP contribution is -2.04. The summed E-state index contributed by atoms with van der Waals surface area (Å²) in [7, 11) is 0. The molecule has 0 aliphatic rings. The third-order valence-corrected chi connectivity index (χ3v) is 1.98. The lowest BCUT2D eigenvalue weighted by Gasteiger charge is -2.06. The molecule has 1 nitrogen and oxygen atoms in total. The van der Waals surface area contributed by atoms with Gasteiger partial charge in [0.1, 0.15) is 0 Å². The average molecular weight is 228 g/mol. The normalized spacial score (nSPS) is 13.9. The van der Waals surface area contributed by atoms with Crippen molar-refractivity contribution in [3.05, 3.63) is 0 Å². The molecule has 0 saturated carbocycles. The Kier molecular flexibility index (Phi) is 6.32. The van der Waals surface area contributed by atoms with E-state index >= 15 is 0 Å². The van der Waals surface area contributed by atoms with Gasteiger partial charge < -0.3 is 5.11 Å². The predicted molar refractivity (Wildman–Crippen MR) is 44.4 cm³/mol. The Hall–Kier alpha value is 0.690. The number of hydrogen-bond acceptors (Lipinski definition) is 1. The first-order valence-electron chi connectivity index (χ1n) is 3.02. The van der Waals surface area contributed by atoms with Crippen molar-refractivity contribution in [3.8, 4) is 0 Å². The van der Waals surface area contributed by atoms with Gasteiger partial charge in [0.05, 0.1) is 0 Å². The van der Waals surface area contributed by atoms with Crippen molar-refractivity contribution in [2.45, 2.75) is 19.8 Å². The molecule has 0 aromatic rings. The van der Waals surface area contributed by atoms with Gasteiger partial charge in [-0.25, -0.2) is 0 Å². The van der Waals surface area contributed by atoms with Crippen molar-refractivity contribution < 1.29 is 5.11 Å². The van der Waals surface area contributed by atoms with Crippen LogP contribution in [0.1, 0.15) is 19.8 Å². The minimum atomic E-state index is 0.361. The highest BCUT2D eigenvalue weighted by atomic mass is 127. The fourth-order valence-electron chi connectivity index (χ4n) is 0.579. The Balaban J connectivity index is 3.07. The Morgan fingerprint density at radius 3 is 2.38 bits per heavy atom. The fraction of sp³-hybridized carbons (Fsp3) is 1.00. The van der Waals surface area contributed by atoms with Crippen molar-refractivity contribution in [2.24, 2.45) is 5.92 Å². The zero-order chi connectivity index (χ0) is 6.41. The van der Waals surface area contributed by atoms with Crippen LogP contribution in [0.15, 0.2) is 0 Å². The lowest BCUT2D eigenvalue weighted by molar-refractivity contribution is 0.220. The number of rotatable bonds is 4. The molecule has 0 spiro atoms. The van der Waals surface area contributed by atoms with E-state index < -0.39 is 0 Å². The van der Waals surface area contributed by atoms with E-state index in [4.69, 9.17) is 5.11 Å². The maximum atomic E-state index is 8.65. The van der Waals surface area contributed by atoms with Crippen LogP contribution in [-0.2, 0) is 0 Å². The second-order valence-corrected chi connectivity index (χ2v) is 3.01. The van der Waals surface area contributed by atoms with Gasteiger partial charge in [0.2, 0.25) is 0 Å². The minimum absolute atomic E-state index is 0.361. The Morgan fingerprint density at radius 1 is 1.62 bits per heavy atom. The fourth-order valence-corrected chi connectivity index (χ4v) is 1.46. The van der Waals surface area contributed by atoms with Crippen LogP contribution in [0.3, 0.4) is 0 Å². The largest absolute Gasteiger partial charge is 0.396 e. The maximum absolute atomic E-state index is 8.65. The first kappa shape index (κ1) is 8.69. The molecule has 0 radical (unpaired) electrons. The second-order valence-electron chi connectivity index (χ2n) is 1.93. The summed E-state index contributed by atoms with van der Waals surface area (Å²) in [5.74, 6) is 0.548. The summed E-state index contributed by atoms with van der Waals surface area (Å²) < 4.78 is 1.16. The summed E-state index contributed by atoms with van der Waals surface area (Å²) in [6, 6.07) is 0. The van der Waals surface area contributed by atoms with Crippen molar-refractivity contribution >= 4 is 22.6 Å². The molecular weight excluding hydrogens is 215 g/mol. The molecule has 0 aliphatic carbocycles. The Bertz CT molecular complexity index is 43.8. The van der Waals surface area contributed by atoms with Gasteiger partial charge >= 0.3 is 0 Å². The van der Waals surface area contributed by atoms with E-state index in [0.29, 0.717) is 12.5 Å². The number of alkyl halides is 1. The average Bonchev–Trinajstić information content (AvgIpc) is 1.83. The molecule has 0 aliphatic heterocycles.